The van der Waals surface area contributed by atoms with E-state index in [0.717, 1.165) is 27.9 Å². The van der Waals surface area contributed by atoms with Gasteiger partial charge in [-0.15, -0.1) is 0 Å². The molecule has 7 nitrogen and oxygen atoms in total. The molecule has 4 aromatic carbocycles. The van der Waals surface area contributed by atoms with Crippen molar-refractivity contribution in [3.05, 3.63) is 114 Å². The molecular weight excluding hydrogens is 502 g/mol. The summed E-state index contributed by atoms with van der Waals surface area (Å²) in [6.45, 7) is 5.41. The fraction of sp³-hybridized carbons (Fsp3) is 0.121. The van der Waals surface area contributed by atoms with Crippen molar-refractivity contribution in [1.29, 1.82) is 0 Å². The molecular formula is C33H29N3O4. The number of aromatic nitrogens is 2. The molecule has 0 aliphatic carbocycles. The van der Waals surface area contributed by atoms with Crippen LogP contribution >= 0.6 is 0 Å². The van der Waals surface area contributed by atoms with Crippen LogP contribution in [0.15, 0.2) is 97.1 Å². The van der Waals surface area contributed by atoms with Crippen molar-refractivity contribution in [2.24, 2.45) is 0 Å². The van der Waals surface area contributed by atoms with Crippen LogP contribution in [0.2, 0.25) is 0 Å². The second kappa shape index (κ2) is 11.3. The van der Waals surface area contributed by atoms with Crippen LogP contribution in [-0.2, 0) is 4.79 Å². The molecule has 0 radical (unpaired) electrons. The number of benzene rings is 4. The third-order valence-corrected chi connectivity index (χ3v) is 6.45. The van der Waals surface area contributed by atoms with Crippen LogP contribution in [0.3, 0.4) is 0 Å². The first-order chi connectivity index (χ1) is 19.3. The molecule has 0 spiro atoms. The summed E-state index contributed by atoms with van der Waals surface area (Å²) in [5, 5.41) is 7.85. The lowest BCUT2D eigenvalue weighted by atomic mass is 10.00. The van der Waals surface area contributed by atoms with Crippen LogP contribution in [0.5, 0.6) is 11.6 Å². The number of carbonyl (C=O) groups excluding carboxylic acids is 2. The van der Waals surface area contributed by atoms with Gasteiger partial charge in [0.2, 0.25) is 5.88 Å². The zero-order chi connectivity index (χ0) is 28.2. The van der Waals surface area contributed by atoms with E-state index in [1.807, 2.05) is 86.6 Å². The van der Waals surface area contributed by atoms with Gasteiger partial charge in [-0.3, -0.25) is 9.59 Å². The van der Waals surface area contributed by atoms with Crippen LogP contribution in [-0.4, -0.2) is 28.8 Å². The maximum atomic E-state index is 12.8. The van der Waals surface area contributed by atoms with Crippen molar-refractivity contribution in [2.45, 2.75) is 20.8 Å². The van der Waals surface area contributed by atoms with E-state index >= 15 is 0 Å². The largest absolute Gasteiger partial charge is 0.497 e. The normalized spacial score (nSPS) is 10.7. The average Bonchev–Trinajstić information content (AvgIpc) is 3.32. The molecule has 0 atom stereocenters. The second-order valence-electron chi connectivity index (χ2n) is 9.50. The molecule has 0 unspecified atom stereocenters. The number of hydrogen-bond acceptors (Lipinski definition) is 5. The van der Waals surface area contributed by atoms with Crippen molar-refractivity contribution in [1.82, 2.24) is 9.78 Å². The molecule has 1 aromatic heterocycles. The predicted molar refractivity (Wildman–Crippen MR) is 156 cm³/mol. The molecule has 1 amide bonds. The van der Waals surface area contributed by atoms with Gasteiger partial charge in [-0.05, 0) is 61.9 Å². The van der Waals surface area contributed by atoms with Gasteiger partial charge in [0.1, 0.15) is 11.4 Å². The Morgan fingerprint density at radius 3 is 2.05 bits per heavy atom. The SMILES string of the molecule is COc1cccc(C(=O)Nc2ccc(-c3c(-c4ccc(C)cc4)nn(-c4ccc(C)cc4)c3OC(C)=O)cc2)c1. The molecule has 0 aliphatic heterocycles. The quantitative estimate of drug-likeness (QED) is 0.229. The highest BCUT2D eigenvalue weighted by atomic mass is 16.5. The number of nitrogens with zero attached hydrogens (tertiary/aromatic N) is 2. The summed E-state index contributed by atoms with van der Waals surface area (Å²) in [5.74, 6) is 0.224. The maximum absolute atomic E-state index is 12.8. The molecule has 0 saturated heterocycles. The van der Waals surface area contributed by atoms with Crippen molar-refractivity contribution in [3.8, 4) is 39.7 Å². The number of carbonyl (C=O) groups is 2. The Kier molecular flexibility index (Phi) is 7.46. The second-order valence-corrected chi connectivity index (χ2v) is 9.50. The summed E-state index contributed by atoms with van der Waals surface area (Å²) < 4.78 is 12.7. The van der Waals surface area contributed by atoms with E-state index in [1.165, 1.54) is 6.92 Å². The average molecular weight is 532 g/mol. The number of ether oxygens (including phenoxy) is 2. The van der Waals surface area contributed by atoms with Crippen LogP contribution in [0.1, 0.15) is 28.4 Å². The lowest BCUT2D eigenvalue weighted by Gasteiger charge is -2.11. The van der Waals surface area contributed by atoms with E-state index in [9.17, 15) is 9.59 Å². The minimum atomic E-state index is -0.452. The number of hydrogen-bond donors (Lipinski definition) is 1. The van der Waals surface area contributed by atoms with Crippen LogP contribution in [0.4, 0.5) is 5.69 Å². The summed E-state index contributed by atoms with van der Waals surface area (Å²) in [6, 6.07) is 30.2. The molecule has 1 N–H and O–H groups in total. The van der Waals surface area contributed by atoms with E-state index in [4.69, 9.17) is 14.6 Å². The molecule has 7 heteroatoms. The number of amides is 1. The topological polar surface area (TPSA) is 82.4 Å². The van der Waals surface area contributed by atoms with Crippen LogP contribution in [0.25, 0.3) is 28.1 Å². The fourth-order valence-corrected chi connectivity index (χ4v) is 4.36. The van der Waals surface area contributed by atoms with E-state index in [1.54, 1.807) is 36.1 Å². The number of anilines is 1. The summed E-state index contributed by atoms with van der Waals surface area (Å²) in [6.07, 6.45) is 0. The molecule has 0 fully saturated rings. The van der Waals surface area contributed by atoms with Gasteiger partial charge in [0.25, 0.3) is 5.91 Å². The number of nitrogens with one attached hydrogen (secondary N) is 1. The van der Waals surface area contributed by atoms with Gasteiger partial charge in [0.05, 0.1) is 18.4 Å². The molecule has 5 rings (SSSR count). The van der Waals surface area contributed by atoms with E-state index in [2.05, 4.69) is 5.32 Å². The Balaban J connectivity index is 1.58. The summed E-state index contributed by atoms with van der Waals surface area (Å²) >= 11 is 0. The highest BCUT2D eigenvalue weighted by Gasteiger charge is 2.24. The molecule has 0 aliphatic rings. The third kappa shape index (κ3) is 5.63. The third-order valence-electron chi connectivity index (χ3n) is 6.45. The van der Waals surface area contributed by atoms with Crippen molar-refractivity contribution >= 4 is 17.6 Å². The van der Waals surface area contributed by atoms with Crippen molar-refractivity contribution < 1.29 is 19.1 Å². The summed E-state index contributed by atoms with van der Waals surface area (Å²) in [5.41, 5.74) is 7.11. The Morgan fingerprint density at radius 1 is 0.800 bits per heavy atom. The minimum absolute atomic E-state index is 0.250. The number of aryl methyl sites for hydroxylation is 2. The van der Waals surface area contributed by atoms with Crippen LogP contribution in [0, 0.1) is 13.8 Å². The molecule has 5 aromatic rings. The van der Waals surface area contributed by atoms with E-state index in [0.29, 0.717) is 34.1 Å². The molecule has 1 heterocycles. The van der Waals surface area contributed by atoms with Gasteiger partial charge >= 0.3 is 5.97 Å². The van der Waals surface area contributed by atoms with Crippen molar-refractivity contribution in [2.75, 3.05) is 12.4 Å². The summed E-state index contributed by atoms with van der Waals surface area (Å²) in [7, 11) is 1.56. The number of esters is 1. The monoisotopic (exact) mass is 531 g/mol. The maximum Gasteiger partial charge on any atom is 0.309 e. The number of methoxy groups -OCH3 is 1. The van der Waals surface area contributed by atoms with E-state index in [-0.39, 0.29) is 5.91 Å². The van der Waals surface area contributed by atoms with Gasteiger partial charge < -0.3 is 14.8 Å². The Hall–Kier alpha value is -5.17. The van der Waals surface area contributed by atoms with Crippen LogP contribution < -0.4 is 14.8 Å². The predicted octanol–water partition coefficient (Wildman–Crippen LogP) is 7.01. The molecule has 0 saturated carbocycles. The minimum Gasteiger partial charge on any atom is -0.497 e. The fourth-order valence-electron chi connectivity index (χ4n) is 4.36. The van der Waals surface area contributed by atoms with Gasteiger partial charge in [-0.25, -0.2) is 0 Å². The Labute approximate surface area is 233 Å². The van der Waals surface area contributed by atoms with Gasteiger partial charge in [-0.2, -0.15) is 9.78 Å². The molecule has 200 valence electrons. The molecule has 0 bridgehead atoms. The smallest absolute Gasteiger partial charge is 0.309 e. The highest BCUT2D eigenvalue weighted by molar-refractivity contribution is 6.04. The first-order valence-electron chi connectivity index (χ1n) is 12.8. The Morgan fingerprint density at radius 2 is 1.43 bits per heavy atom. The van der Waals surface area contributed by atoms with Gasteiger partial charge in [0, 0.05) is 23.7 Å². The molecule has 40 heavy (non-hydrogen) atoms. The Bertz CT molecular complexity index is 1670. The lowest BCUT2D eigenvalue weighted by molar-refractivity contribution is -0.132. The number of rotatable bonds is 7. The van der Waals surface area contributed by atoms with E-state index < -0.39 is 5.97 Å². The zero-order valence-electron chi connectivity index (χ0n) is 22.8. The van der Waals surface area contributed by atoms with Crippen molar-refractivity contribution in [3.63, 3.8) is 0 Å². The highest BCUT2D eigenvalue weighted by Crippen LogP contribution is 2.41. The lowest BCUT2D eigenvalue weighted by Crippen LogP contribution is -2.11. The van der Waals surface area contributed by atoms with Gasteiger partial charge in [-0.1, -0.05) is 65.7 Å². The zero-order valence-corrected chi connectivity index (χ0v) is 22.8. The first-order valence-corrected chi connectivity index (χ1v) is 12.8. The van der Waals surface area contributed by atoms with Gasteiger partial charge in [0.15, 0.2) is 0 Å². The summed E-state index contributed by atoms with van der Waals surface area (Å²) in [4.78, 5) is 25.1. The standard InChI is InChI=1S/C33H29N3O4/c1-21-8-12-25(13-9-21)31-30(33(40-23(3)37)36(35-31)28-18-10-22(2)11-19-28)24-14-16-27(17-15-24)34-32(38)26-6-5-7-29(20-26)39-4/h5-20H,1-4H3,(H,34,38). The first kappa shape index (κ1) is 26.4.